The van der Waals surface area contributed by atoms with Gasteiger partial charge in [-0.3, -0.25) is 4.79 Å². The highest BCUT2D eigenvalue weighted by atomic mass is 32.1. The van der Waals surface area contributed by atoms with Crippen LogP contribution >= 0.6 is 11.3 Å². The molecule has 2 aliphatic heterocycles. The molecule has 0 amide bonds. The number of carbonyl (C=O) groups is 3. The zero-order chi connectivity index (χ0) is 22.4. The van der Waals surface area contributed by atoms with Gasteiger partial charge < -0.3 is 14.2 Å². The third-order valence-corrected chi connectivity index (χ3v) is 7.15. The van der Waals surface area contributed by atoms with Gasteiger partial charge in [-0.2, -0.15) is 0 Å². The van der Waals surface area contributed by atoms with Crippen molar-refractivity contribution >= 4 is 39.3 Å². The van der Waals surface area contributed by atoms with Crippen LogP contribution in [0.4, 0.5) is 0 Å². The summed E-state index contributed by atoms with van der Waals surface area (Å²) in [7, 11) is 0. The Morgan fingerprint density at radius 1 is 1.16 bits per heavy atom. The number of hydrogen-bond donors (Lipinski definition) is 0. The van der Waals surface area contributed by atoms with Gasteiger partial charge in [-0.15, -0.1) is 11.3 Å². The molecule has 164 valence electrons. The SMILES string of the molecule is C=C1C(=O)O[C@H]2CC3=C[C@@H](C/C(C)=C/[C@@H](OC(=O)Cc4csc5ccccc45)[C@H]12)OC3=O. The smallest absolute Gasteiger partial charge is 0.334 e. The molecule has 2 aromatic rings. The van der Waals surface area contributed by atoms with Crippen molar-refractivity contribution in [3.8, 4) is 0 Å². The Labute approximate surface area is 189 Å². The molecule has 6 nitrogen and oxygen atoms in total. The first kappa shape index (κ1) is 20.7. The zero-order valence-electron chi connectivity index (χ0n) is 17.5. The second kappa shape index (κ2) is 8.06. The van der Waals surface area contributed by atoms with E-state index in [1.54, 1.807) is 17.4 Å². The molecule has 0 N–H and O–H groups in total. The van der Waals surface area contributed by atoms with Gasteiger partial charge in [0, 0.05) is 28.7 Å². The standard InChI is InChI=1S/C25H22O6S/c1-13-7-17-9-15(25(28)29-17)10-20-23(14(2)24(27)31-20)19(8-13)30-22(26)11-16-12-32-21-6-4-3-5-18(16)21/h3-6,8-9,12,17,19-20,23H,2,7,10-11H2,1H3/b13-8+/t17-,19-,20+,23+/m1/s1. The highest BCUT2D eigenvalue weighted by Gasteiger charge is 2.46. The molecule has 5 rings (SSSR count). The van der Waals surface area contributed by atoms with E-state index in [-0.39, 0.29) is 30.5 Å². The maximum Gasteiger partial charge on any atom is 0.334 e. The molecule has 32 heavy (non-hydrogen) atoms. The maximum atomic E-state index is 13.0. The molecule has 1 saturated heterocycles. The fourth-order valence-corrected chi connectivity index (χ4v) is 5.59. The predicted molar refractivity (Wildman–Crippen MR) is 119 cm³/mol. The number of benzene rings is 1. The average Bonchev–Trinajstić information content (AvgIpc) is 3.38. The molecule has 0 spiro atoms. The summed E-state index contributed by atoms with van der Waals surface area (Å²) in [5.41, 5.74) is 2.54. The third kappa shape index (κ3) is 3.77. The zero-order valence-corrected chi connectivity index (χ0v) is 18.4. The first-order chi connectivity index (χ1) is 15.4. The minimum atomic E-state index is -0.718. The minimum absolute atomic E-state index is 0.126. The Kier molecular flexibility index (Phi) is 5.21. The largest absolute Gasteiger partial charge is 0.458 e. The molecule has 4 atom stereocenters. The molecule has 0 unspecified atom stereocenters. The highest BCUT2D eigenvalue weighted by Crippen LogP contribution is 2.38. The van der Waals surface area contributed by atoms with Gasteiger partial charge in [-0.1, -0.05) is 30.4 Å². The Bertz CT molecular complexity index is 1200. The van der Waals surface area contributed by atoms with E-state index in [0.29, 0.717) is 12.0 Å². The van der Waals surface area contributed by atoms with Crippen LogP contribution in [0.1, 0.15) is 25.3 Å². The van der Waals surface area contributed by atoms with Crippen LogP contribution in [0.3, 0.4) is 0 Å². The normalized spacial score (nSPS) is 29.0. The lowest BCUT2D eigenvalue weighted by Gasteiger charge is -2.26. The van der Waals surface area contributed by atoms with E-state index in [1.165, 1.54) is 0 Å². The van der Waals surface area contributed by atoms with E-state index in [1.807, 2.05) is 42.6 Å². The molecule has 1 aromatic carbocycles. The topological polar surface area (TPSA) is 78.9 Å². The van der Waals surface area contributed by atoms with Gasteiger partial charge in [-0.25, -0.2) is 9.59 Å². The third-order valence-electron chi connectivity index (χ3n) is 6.14. The summed E-state index contributed by atoms with van der Waals surface area (Å²) in [5, 5.41) is 3.00. The van der Waals surface area contributed by atoms with Crippen molar-refractivity contribution in [2.24, 2.45) is 5.92 Å². The van der Waals surface area contributed by atoms with Gasteiger partial charge in [0.1, 0.15) is 18.3 Å². The summed E-state index contributed by atoms with van der Waals surface area (Å²) in [4.78, 5) is 37.5. The van der Waals surface area contributed by atoms with Crippen LogP contribution < -0.4 is 0 Å². The Balaban J connectivity index is 1.43. The van der Waals surface area contributed by atoms with Crippen LogP contribution in [0.2, 0.25) is 0 Å². The molecular formula is C25H22O6S. The molecule has 0 saturated carbocycles. The first-order valence-corrected chi connectivity index (χ1v) is 11.4. The summed E-state index contributed by atoms with van der Waals surface area (Å²) in [6.45, 7) is 5.79. The highest BCUT2D eigenvalue weighted by molar-refractivity contribution is 7.17. The summed E-state index contributed by atoms with van der Waals surface area (Å²) in [5.74, 6) is -1.87. The predicted octanol–water partition coefficient (Wildman–Crippen LogP) is 4.05. The van der Waals surface area contributed by atoms with Crippen LogP contribution in [0.15, 0.2) is 65.1 Å². The van der Waals surface area contributed by atoms with E-state index in [2.05, 4.69) is 6.58 Å². The van der Waals surface area contributed by atoms with Crippen LogP contribution in [-0.2, 0) is 35.0 Å². The van der Waals surface area contributed by atoms with Crippen molar-refractivity contribution in [2.75, 3.05) is 0 Å². The summed E-state index contributed by atoms with van der Waals surface area (Å²) in [6.07, 6.45) is 2.73. The van der Waals surface area contributed by atoms with E-state index >= 15 is 0 Å². The average molecular weight is 451 g/mol. The van der Waals surface area contributed by atoms with E-state index in [0.717, 1.165) is 21.2 Å². The van der Waals surface area contributed by atoms with Crippen molar-refractivity contribution in [3.05, 3.63) is 70.7 Å². The number of esters is 3. The first-order valence-electron chi connectivity index (χ1n) is 10.5. The lowest BCUT2D eigenvalue weighted by molar-refractivity contribution is -0.149. The maximum absolute atomic E-state index is 13.0. The van der Waals surface area contributed by atoms with Crippen LogP contribution in [0.25, 0.3) is 10.1 Å². The van der Waals surface area contributed by atoms with Gasteiger partial charge >= 0.3 is 17.9 Å². The molecule has 3 aliphatic rings. The quantitative estimate of drug-likeness (QED) is 0.304. The van der Waals surface area contributed by atoms with Gasteiger partial charge in [0.05, 0.1) is 12.3 Å². The molecular weight excluding hydrogens is 428 g/mol. The number of carbonyl (C=O) groups excluding carboxylic acids is 3. The number of ether oxygens (including phenoxy) is 3. The van der Waals surface area contributed by atoms with Gasteiger partial charge in [-0.05, 0) is 41.5 Å². The molecule has 2 bridgehead atoms. The van der Waals surface area contributed by atoms with Crippen molar-refractivity contribution in [3.63, 3.8) is 0 Å². The van der Waals surface area contributed by atoms with Crippen molar-refractivity contribution in [1.82, 2.24) is 0 Å². The van der Waals surface area contributed by atoms with E-state index in [4.69, 9.17) is 14.2 Å². The summed E-state index contributed by atoms with van der Waals surface area (Å²) < 4.78 is 18.0. The molecule has 7 heteroatoms. The molecule has 3 heterocycles. The minimum Gasteiger partial charge on any atom is -0.458 e. The lowest BCUT2D eigenvalue weighted by atomic mass is 9.85. The number of fused-ring (bicyclic) bond motifs is 3. The second-order valence-corrected chi connectivity index (χ2v) is 9.35. The number of hydrogen-bond acceptors (Lipinski definition) is 7. The Hall–Kier alpha value is -3.19. The lowest BCUT2D eigenvalue weighted by Crippen LogP contribution is -2.33. The summed E-state index contributed by atoms with van der Waals surface area (Å²) in [6, 6.07) is 7.92. The van der Waals surface area contributed by atoms with Crippen molar-refractivity contribution < 1.29 is 28.6 Å². The van der Waals surface area contributed by atoms with Crippen LogP contribution in [0.5, 0.6) is 0 Å². The van der Waals surface area contributed by atoms with Crippen molar-refractivity contribution in [1.29, 1.82) is 0 Å². The van der Waals surface area contributed by atoms with Crippen LogP contribution in [0, 0.1) is 5.92 Å². The van der Waals surface area contributed by atoms with Gasteiger partial charge in [0.15, 0.2) is 0 Å². The number of thiophene rings is 1. The molecule has 1 fully saturated rings. The Morgan fingerprint density at radius 2 is 1.97 bits per heavy atom. The number of rotatable bonds is 3. The van der Waals surface area contributed by atoms with Gasteiger partial charge in [0.25, 0.3) is 0 Å². The molecule has 1 aliphatic carbocycles. The second-order valence-electron chi connectivity index (χ2n) is 8.44. The Morgan fingerprint density at radius 3 is 2.81 bits per heavy atom. The van der Waals surface area contributed by atoms with E-state index in [9.17, 15) is 14.4 Å². The fourth-order valence-electron chi connectivity index (χ4n) is 4.63. The monoisotopic (exact) mass is 450 g/mol. The van der Waals surface area contributed by atoms with Crippen LogP contribution in [-0.4, -0.2) is 36.2 Å². The summed E-state index contributed by atoms with van der Waals surface area (Å²) >= 11 is 1.59. The van der Waals surface area contributed by atoms with Gasteiger partial charge in [0.2, 0.25) is 0 Å². The fraction of sp³-hybridized carbons (Fsp3) is 0.320. The van der Waals surface area contributed by atoms with E-state index < -0.39 is 30.1 Å². The molecule has 0 radical (unpaired) electrons. The van der Waals surface area contributed by atoms with Crippen molar-refractivity contribution in [2.45, 2.75) is 44.5 Å². The molecule has 1 aromatic heterocycles.